The summed E-state index contributed by atoms with van der Waals surface area (Å²) in [6.45, 7) is 0. The number of hydrogen-bond acceptors (Lipinski definition) is 6. The molecular formula is C16H15N5O2S. The van der Waals surface area contributed by atoms with Gasteiger partial charge < -0.3 is 4.74 Å². The van der Waals surface area contributed by atoms with Crippen LogP contribution in [0.2, 0.25) is 0 Å². The summed E-state index contributed by atoms with van der Waals surface area (Å²) in [4.78, 5) is 16.1. The molecule has 122 valence electrons. The second-order valence-electron chi connectivity index (χ2n) is 5.07. The molecule has 8 heteroatoms. The number of hydrazine groups is 1. The maximum absolute atomic E-state index is 12.0. The van der Waals surface area contributed by atoms with Gasteiger partial charge in [0.1, 0.15) is 6.10 Å². The van der Waals surface area contributed by atoms with Gasteiger partial charge in [-0.2, -0.15) is 5.10 Å². The van der Waals surface area contributed by atoms with Crippen molar-refractivity contribution in [3.05, 3.63) is 65.5 Å². The number of cyclic esters (lactones) is 1. The van der Waals surface area contributed by atoms with Crippen LogP contribution in [0.5, 0.6) is 0 Å². The molecule has 4 N–H and O–H groups in total. The Morgan fingerprint density at radius 3 is 2.92 bits per heavy atom. The first-order valence-corrected chi connectivity index (χ1v) is 7.63. The van der Waals surface area contributed by atoms with E-state index in [4.69, 9.17) is 22.8 Å². The van der Waals surface area contributed by atoms with E-state index < -0.39 is 6.10 Å². The van der Waals surface area contributed by atoms with E-state index in [1.165, 1.54) is 0 Å². The highest BCUT2D eigenvalue weighted by Gasteiger charge is 2.31. The fraction of sp³-hybridized carbons (Fsp3) is 0.125. The van der Waals surface area contributed by atoms with Gasteiger partial charge in [-0.3, -0.25) is 15.8 Å². The lowest BCUT2D eigenvalue weighted by Crippen LogP contribution is -2.37. The molecular weight excluding hydrogens is 326 g/mol. The minimum Gasteiger partial charge on any atom is -0.453 e. The summed E-state index contributed by atoms with van der Waals surface area (Å²) in [5, 5.41) is 4.46. The van der Waals surface area contributed by atoms with Crippen LogP contribution in [-0.2, 0) is 4.74 Å². The first-order valence-electron chi connectivity index (χ1n) is 7.22. The van der Waals surface area contributed by atoms with Gasteiger partial charge in [0.15, 0.2) is 0 Å². The molecule has 24 heavy (non-hydrogen) atoms. The van der Waals surface area contributed by atoms with Crippen molar-refractivity contribution in [1.82, 2.24) is 15.8 Å². The summed E-state index contributed by atoms with van der Waals surface area (Å²) in [5.74, 6) is 4.91. The van der Waals surface area contributed by atoms with Crippen LogP contribution in [0.15, 0.2) is 53.9 Å². The SMILES string of the molecule is NNC(=S)N/N=C(\CC1OC(=O)c2ccccc21)c1cccnc1. The van der Waals surface area contributed by atoms with Crippen LogP contribution >= 0.6 is 12.2 Å². The van der Waals surface area contributed by atoms with Gasteiger partial charge in [0, 0.05) is 29.9 Å². The third kappa shape index (κ3) is 3.39. The predicted octanol–water partition coefficient (Wildman–Crippen LogP) is 1.43. The van der Waals surface area contributed by atoms with Gasteiger partial charge in [-0.25, -0.2) is 10.6 Å². The molecule has 0 saturated carbocycles. The molecule has 1 unspecified atom stereocenters. The predicted molar refractivity (Wildman–Crippen MR) is 93.0 cm³/mol. The standard InChI is InChI=1S/C16H15N5O2S/c17-19-16(24)21-20-13(10-4-3-7-18-9-10)8-14-11-5-1-2-6-12(11)15(22)23-14/h1-7,9,14H,8,17H2,(H2,19,21,24)/b20-13+. The zero-order valence-electron chi connectivity index (χ0n) is 12.6. The quantitative estimate of drug-likeness (QED) is 0.254. The summed E-state index contributed by atoms with van der Waals surface area (Å²) in [6.07, 6.45) is 3.33. The number of nitrogens with zero attached hydrogens (tertiary/aromatic N) is 2. The molecule has 0 amide bonds. The number of ether oxygens (including phenoxy) is 1. The van der Waals surface area contributed by atoms with Crippen molar-refractivity contribution in [2.24, 2.45) is 10.9 Å². The molecule has 1 aliphatic heterocycles. The van der Waals surface area contributed by atoms with Crippen LogP contribution in [-0.4, -0.2) is 21.8 Å². The van der Waals surface area contributed by atoms with Gasteiger partial charge in [-0.1, -0.05) is 24.3 Å². The van der Waals surface area contributed by atoms with Gasteiger partial charge in [0.2, 0.25) is 5.11 Å². The lowest BCUT2D eigenvalue weighted by atomic mass is 9.99. The van der Waals surface area contributed by atoms with Crippen molar-refractivity contribution >= 4 is 29.0 Å². The number of nitrogens with one attached hydrogen (secondary N) is 2. The zero-order chi connectivity index (χ0) is 16.9. The summed E-state index contributed by atoms with van der Waals surface area (Å²) < 4.78 is 5.48. The lowest BCUT2D eigenvalue weighted by molar-refractivity contribution is 0.0400. The Balaban J connectivity index is 1.88. The van der Waals surface area contributed by atoms with Crippen LogP contribution in [0.25, 0.3) is 0 Å². The summed E-state index contributed by atoms with van der Waals surface area (Å²) in [6, 6.07) is 11.0. The van der Waals surface area contributed by atoms with E-state index in [9.17, 15) is 4.79 Å². The second-order valence-corrected chi connectivity index (χ2v) is 5.48. The number of aromatic nitrogens is 1. The highest BCUT2D eigenvalue weighted by molar-refractivity contribution is 7.80. The molecule has 1 aliphatic rings. The molecule has 7 nitrogen and oxygen atoms in total. The third-order valence-corrected chi connectivity index (χ3v) is 3.78. The van der Waals surface area contributed by atoms with E-state index in [-0.39, 0.29) is 11.1 Å². The molecule has 1 aromatic carbocycles. The number of rotatable bonds is 4. The number of hydrazone groups is 1. The number of carbonyl (C=O) groups is 1. The van der Waals surface area contributed by atoms with Crippen molar-refractivity contribution in [3.8, 4) is 0 Å². The number of pyridine rings is 1. The number of fused-ring (bicyclic) bond motifs is 1. The summed E-state index contributed by atoms with van der Waals surface area (Å²) >= 11 is 4.93. The Bertz CT molecular complexity index is 794. The van der Waals surface area contributed by atoms with Crippen LogP contribution in [0.4, 0.5) is 0 Å². The van der Waals surface area contributed by atoms with Gasteiger partial charge in [-0.15, -0.1) is 0 Å². The molecule has 0 radical (unpaired) electrons. The normalized spacial score (nSPS) is 16.3. The molecule has 1 atom stereocenters. The Kier molecular flexibility index (Phi) is 4.78. The number of benzene rings is 1. The number of nitrogens with two attached hydrogens (primary N) is 1. The van der Waals surface area contributed by atoms with E-state index in [0.29, 0.717) is 17.7 Å². The molecule has 1 aromatic heterocycles. The minimum absolute atomic E-state index is 0.181. The van der Waals surface area contributed by atoms with Gasteiger partial charge in [0.25, 0.3) is 0 Å². The summed E-state index contributed by atoms with van der Waals surface area (Å²) in [5.41, 5.74) is 7.83. The molecule has 3 rings (SSSR count). The fourth-order valence-corrected chi connectivity index (χ4v) is 2.50. The largest absolute Gasteiger partial charge is 0.453 e. The average Bonchev–Trinajstić information content (AvgIpc) is 2.95. The van der Waals surface area contributed by atoms with Crippen molar-refractivity contribution in [3.63, 3.8) is 0 Å². The van der Waals surface area contributed by atoms with Crippen molar-refractivity contribution in [2.75, 3.05) is 0 Å². The van der Waals surface area contributed by atoms with E-state index in [1.54, 1.807) is 24.5 Å². The molecule has 0 fully saturated rings. The van der Waals surface area contributed by atoms with E-state index in [2.05, 4.69) is 20.9 Å². The lowest BCUT2D eigenvalue weighted by Gasteiger charge is -2.13. The van der Waals surface area contributed by atoms with Crippen LogP contribution in [0, 0.1) is 0 Å². The van der Waals surface area contributed by atoms with E-state index >= 15 is 0 Å². The molecule has 2 aromatic rings. The molecule has 0 saturated heterocycles. The Morgan fingerprint density at radius 1 is 1.33 bits per heavy atom. The Morgan fingerprint density at radius 2 is 2.17 bits per heavy atom. The first kappa shape index (κ1) is 16.0. The fourth-order valence-electron chi connectivity index (χ4n) is 2.46. The molecule has 0 aliphatic carbocycles. The molecule has 2 heterocycles. The monoisotopic (exact) mass is 341 g/mol. The zero-order valence-corrected chi connectivity index (χ0v) is 13.4. The van der Waals surface area contributed by atoms with E-state index in [0.717, 1.165) is 11.1 Å². The van der Waals surface area contributed by atoms with Crippen LogP contribution in [0.3, 0.4) is 0 Å². The topological polar surface area (TPSA) is 102 Å². The third-order valence-electron chi connectivity index (χ3n) is 3.57. The smallest absolute Gasteiger partial charge is 0.339 e. The highest BCUT2D eigenvalue weighted by Crippen LogP contribution is 2.33. The van der Waals surface area contributed by atoms with Crippen LogP contribution in [0.1, 0.15) is 34.0 Å². The summed E-state index contributed by atoms with van der Waals surface area (Å²) in [7, 11) is 0. The van der Waals surface area contributed by atoms with Gasteiger partial charge in [0.05, 0.1) is 11.3 Å². The van der Waals surface area contributed by atoms with Gasteiger partial charge in [-0.05, 0) is 24.4 Å². The molecule has 0 bridgehead atoms. The maximum Gasteiger partial charge on any atom is 0.339 e. The average molecular weight is 341 g/mol. The maximum atomic E-state index is 12.0. The Hall–Kier alpha value is -2.84. The Labute approximate surface area is 143 Å². The van der Waals surface area contributed by atoms with Gasteiger partial charge >= 0.3 is 5.97 Å². The first-order chi connectivity index (χ1) is 11.7. The number of esters is 1. The minimum atomic E-state index is -0.408. The number of hydrogen-bond donors (Lipinski definition) is 3. The molecule has 0 spiro atoms. The highest BCUT2D eigenvalue weighted by atomic mass is 32.1. The van der Waals surface area contributed by atoms with Crippen molar-refractivity contribution in [2.45, 2.75) is 12.5 Å². The number of carbonyl (C=O) groups excluding carboxylic acids is 1. The number of thiocarbonyl (C=S) groups is 1. The van der Waals surface area contributed by atoms with Crippen molar-refractivity contribution < 1.29 is 9.53 Å². The van der Waals surface area contributed by atoms with E-state index in [1.807, 2.05) is 24.3 Å². The second kappa shape index (κ2) is 7.16. The van der Waals surface area contributed by atoms with Crippen LogP contribution < -0.4 is 16.7 Å². The van der Waals surface area contributed by atoms with Crippen molar-refractivity contribution in [1.29, 1.82) is 0 Å².